The van der Waals surface area contributed by atoms with E-state index in [1.807, 2.05) is 6.92 Å². The van der Waals surface area contributed by atoms with Crippen LogP contribution in [0.3, 0.4) is 0 Å². The van der Waals surface area contributed by atoms with Crippen molar-refractivity contribution in [3.8, 4) is 5.75 Å². The second kappa shape index (κ2) is 8.10. The van der Waals surface area contributed by atoms with Gasteiger partial charge in [-0.2, -0.15) is 0 Å². The SMILES string of the molecule is CC(CNC(=O)C(N)C1CCOCC1)Oc1ccc(F)cc1. The predicted molar refractivity (Wildman–Crippen MR) is 81.0 cm³/mol. The van der Waals surface area contributed by atoms with Crippen molar-refractivity contribution in [1.29, 1.82) is 0 Å². The molecule has 1 aliphatic rings. The molecule has 0 bridgehead atoms. The molecule has 6 heteroatoms. The minimum Gasteiger partial charge on any atom is -0.489 e. The van der Waals surface area contributed by atoms with E-state index in [-0.39, 0.29) is 23.7 Å². The molecule has 2 rings (SSSR count). The molecule has 1 aromatic carbocycles. The number of benzene rings is 1. The summed E-state index contributed by atoms with van der Waals surface area (Å²) in [4.78, 5) is 12.1. The number of ether oxygens (including phenoxy) is 2. The number of hydrogen-bond acceptors (Lipinski definition) is 4. The van der Waals surface area contributed by atoms with E-state index in [0.717, 1.165) is 12.8 Å². The summed E-state index contributed by atoms with van der Waals surface area (Å²) in [6.45, 7) is 3.52. The molecule has 1 fully saturated rings. The van der Waals surface area contributed by atoms with Gasteiger partial charge in [-0.05, 0) is 49.9 Å². The molecule has 22 heavy (non-hydrogen) atoms. The number of amides is 1. The first-order valence-corrected chi connectivity index (χ1v) is 7.59. The van der Waals surface area contributed by atoms with Crippen LogP contribution in [-0.2, 0) is 9.53 Å². The summed E-state index contributed by atoms with van der Waals surface area (Å²) in [6, 6.07) is 5.27. The lowest BCUT2D eigenvalue weighted by Gasteiger charge is -2.27. The molecule has 1 aliphatic heterocycles. The van der Waals surface area contributed by atoms with Crippen LogP contribution in [0.4, 0.5) is 4.39 Å². The first-order valence-electron chi connectivity index (χ1n) is 7.59. The fraction of sp³-hybridized carbons (Fsp3) is 0.562. The Bertz CT molecular complexity index is 475. The summed E-state index contributed by atoms with van der Waals surface area (Å²) in [7, 11) is 0. The van der Waals surface area contributed by atoms with Crippen LogP contribution in [0.15, 0.2) is 24.3 Å². The monoisotopic (exact) mass is 310 g/mol. The third-order valence-electron chi connectivity index (χ3n) is 3.79. The summed E-state index contributed by atoms with van der Waals surface area (Å²) < 4.78 is 23.7. The van der Waals surface area contributed by atoms with Gasteiger partial charge in [0.1, 0.15) is 17.7 Å². The number of nitrogens with two attached hydrogens (primary N) is 1. The molecule has 0 saturated carbocycles. The predicted octanol–water partition coefficient (Wildman–Crippen LogP) is 1.46. The maximum absolute atomic E-state index is 12.8. The lowest BCUT2D eigenvalue weighted by Crippen LogP contribution is -2.48. The average Bonchev–Trinajstić information content (AvgIpc) is 2.55. The van der Waals surface area contributed by atoms with E-state index >= 15 is 0 Å². The van der Waals surface area contributed by atoms with Gasteiger partial charge in [-0.25, -0.2) is 4.39 Å². The smallest absolute Gasteiger partial charge is 0.237 e. The minimum atomic E-state index is -0.512. The van der Waals surface area contributed by atoms with Gasteiger partial charge in [0.05, 0.1) is 12.6 Å². The highest BCUT2D eigenvalue weighted by molar-refractivity contribution is 5.81. The molecule has 0 aliphatic carbocycles. The fourth-order valence-electron chi connectivity index (χ4n) is 2.44. The van der Waals surface area contributed by atoms with Gasteiger partial charge >= 0.3 is 0 Å². The van der Waals surface area contributed by atoms with Crippen molar-refractivity contribution in [2.24, 2.45) is 11.7 Å². The van der Waals surface area contributed by atoms with Crippen LogP contribution in [-0.4, -0.2) is 37.8 Å². The van der Waals surface area contributed by atoms with E-state index in [9.17, 15) is 9.18 Å². The molecule has 1 heterocycles. The number of carbonyl (C=O) groups is 1. The Morgan fingerprint density at radius 2 is 2.05 bits per heavy atom. The van der Waals surface area contributed by atoms with Crippen LogP contribution < -0.4 is 15.8 Å². The van der Waals surface area contributed by atoms with Crippen molar-refractivity contribution in [3.05, 3.63) is 30.1 Å². The third-order valence-corrected chi connectivity index (χ3v) is 3.79. The normalized spacial score (nSPS) is 18.5. The Morgan fingerprint density at radius 1 is 1.41 bits per heavy atom. The van der Waals surface area contributed by atoms with Crippen molar-refractivity contribution < 1.29 is 18.7 Å². The quantitative estimate of drug-likeness (QED) is 0.834. The highest BCUT2D eigenvalue weighted by Crippen LogP contribution is 2.17. The summed E-state index contributed by atoms with van der Waals surface area (Å²) >= 11 is 0. The molecule has 1 amide bonds. The fourth-order valence-corrected chi connectivity index (χ4v) is 2.44. The van der Waals surface area contributed by atoms with Crippen molar-refractivity contribution in [3.63, 3.8) is 0 Å². The second-order valence-corrected chi connectivity index (χ2v) is 5.60. The van der Waals surface area contributed by atoms with Crippen LogP contribution in [0.1, 0.15) is 19.8 Å². The molecule has 3 N–H and O–H groups in total. The number of nitrogens with one attached hydrogen (secondary N) is 1. The van der Waals surface area contributed by atoms with Gasteiger partial charge in [0.2, 0.25) is 5.91 Å². The molecule has 1 aromatic rings. The van der Waals surface area contributed by atoms with Crippen LogP contribution in [0.25, 0.3) is 0 Å². The Hall–Kier alpha value is -1.66. The molecular weight excluding hydrogens is 287 g/mol. The molecule has 1 saturated heterocycles. The molecule has 122 valence electrons. The van der Waals surface area contributed by atoms with Gasteiger partial charge in [-0.15, -0.1) is 0 Å². The van der Waals surface area contributed by atoms with Crippen LogP contribution in [0, 0.1) is 11.7 Å². The molecule has 0 radical (unpaired) electrons. The largest absolute Gasteiger partial charge is 0.489 e. The second-order valence-electron chi connectivity index (χ2n) is 5.60. The number of hydrogen-bond donors (Lipinski definition) is 2. The van der Waals surface area contributed by atoms with E-state index in [2.05, 4.69) is 5.32 Å². The molecule has 2 atom stereocenters. The van der Waals surface area contributed by atoms with E-state index < -0.39 is 6.04 Å². The Morgan fingerprint density at radius 3 is 2.68 bits per heavy atom. The standard InChI is InChI=1S/C16H23FN2O3/c1-11(22-14-4-2-13(17)3-5-14)10-19-16(20)15(18)12-6-8-21-9-7-12/h2-5,11-12,15H,6-10,18H2,1H3,(H,19,20). The van der Waals surface area contributed by atoms with Crippen LogP contribution in [0.5, 0.6) is 5.75 Å². The van der Waals surface area contributed by atoms with E-state index in [4.69, 9.17) is 15.2 Å². The van der Waals surface area contributed by atoms with Gasteiger partial charge in [0.15, 0.2) is 0 Å². The highest BCUT2D eigenvalue weighted by Gasteiger charge is 2.26. The molecule has 0 aromatic heterocycles. The van der Waals surface area contributed by atoms with E-state index in [0.29, 0.717) is 25.5 Å². The Labute approximate surface area is 130 Å². The Kier molecular flexibility index (Phi) is 6.15. The van der Waals surface area contributed by atoms with Crippen molar-refractivity contribution in [1.82, 2.24) is 5.32 Å². The third kappa shape index (κ3) is 4.96. The highest BCUT2D eigenvalue weighted by atomic mass is 19.1. The summed E-state index contributed by atoms with van der Waals surface area (Å²) in [5, 5.41) is 2.81. The summed E-state index contributed by atoms with van der Waals surface area (Å²) in [6.07, 6.45) is 1.41. The zero-order chi connectivity index (χ0) is 15.9. The molecular formula is C16H23FN2O3. The first-order chi connectivity index (χ1) is 10.6. The van der Waals surface area contributed by atoms with Gasteiger partial charge in [-0.3, -0.25) is 4.79 Å². The number of rotatable bonds is 6. The number of carbonyl (C=O) groups excluding carboxylic acids is 1. The lowest BCUT2D eigenvalue weighted by molar-refractivity contribution is -0.124. The molecule has 0 spiro atoms. The average molecular weight is 310 g/mol. The summed E-state index contributed by atoms with van der Waals surface area (Å²) in [5.41, 5.74) is 6.00. The number of halogens is 1. The maximum Gasteiger partial charge on any atom is 0.237 e. The van der Waals surface area contributed by atoms with Crippen molar-refractivity contribution in [2.45, 2.75) is 31.9 Å². The van der Waals surface area contributed by atoms with Gasteiger partial charge < -0.3 is 20.5 Å². The zero-order valence-electron chi connectivity index (χ0n) is 12.8. The van der Waals surface area contributed by atoms with E-state index in [1.54, 1.807) is 12.1 Å². The van der Waals surface area contributed by atoms with Gasteiger partial charge in [0.25, 0.3) is 0 Å². The van der Waals surface area contributed by atoms with Crippen molar-refractivity contribution >= 4 is 5.91 Å². The van der Waals surface area contributed by atoms with E-state index in [1.165, 1.54) is 12.1 Å². The van der Waals surface area contributed by atoms with Crippen LogP contribution in [0.2, 0.25) is 0 Å². The van der Waals surface area contributed by atoms with Crippen molar-refractivity contribution in [2.75, 3.05) is 19.8 Å². The lowest BCUT2D eigenvalue weighted by atomic mass is 9.92. The minimum absolute atomic E-state index is 0.165. The van der Waals surface area contributed by atoms with Gasteiger partial charge in [-0.1, -0.05) is 0 Å². The zero-order valence-corrected chi connectivity index (χ0v) is 12.8. The molecule has 2 unspecified atom stereocenters. The maximum atomic E-state index is 12.8. The Balaban J connectivity index is 1.73. The topological polar surface area (TPSA) is 73.6 Å². The summed E-state index contributed by atoms with van der Waals surface area (Å²) in [5.74, 6) is 0.260. The van der Waals surface area contributed by atoms with Gasteiger partial charge in [0, 0.05) is 13.2 Å². The van der Waals surface area contributed by atoms with Crippen LogP contribution >= 0.6 is 0 Å². The molecule has 5 nitrogen and oxygen atoms in total. The first kappa shape index (κ1) is 16.7.